The minimum atomic E-state index is -1.64. The van der Waals surface area contributed by atoms with Crippen molar-refractivity contribution in [3.8, 4) is 0 Å². The quantitative estimate of drug-likeness (QED) is 0.0592. The molecule has 0 aromatic heterocycles. The molecule has 2 fully saturated rings. The van der Waals surface area contributed by atoms with E-state index < -0.39 is 84.7 Å². The first-order chi connectivity index (χ1) is 23.1. The van der Waals surface area contributed by atoms with Gasteiger partial charge in [0.2, 0.25) is 11.8 Å². The van der Waals surface area contributed by atoms with Gasteiger partial charge in [0, 0.05) is 26.2 Å². The number of aliphatic hydroxyl groups is 6. The number of amides is 2. The van der Waals surface area contributed by atoms with Crippen LogP contribution >= 0.6 is 24.8 Å². The fraction of sp³-hybridized carbons (Fsp3) is 0.875. The van der Waals surface area contributed by atoms with E-state index in [0.29, 0.717) is 11.7 Å². The van der Waals surface area contributed by atoms with Crippen molar-refractivity contribution in [1.29, 1.82) is 10.8 Å². The average Bonchev–Trinajstić information content (AvgIpc) is 3.83. The van der Waals surface area contributed by atoms with E-state index >= 15 is 0 Å². The van der Waals surface area contributed by atoms with Gasteiger partial charge in [0.15, 0.2) is 11.1 Å². The summed E-state index contributed by atoms with van der Waals surface area (Å²) in [5, 5.41) is 93.8. The molecule has 2 amide bonds. The van der Waals surface area contributed by atoms with Gasteiger partial charge in [-0.3, -0.25) is 20.4 Å². The summed E-state index contributed by atoms with van der Waals surface area (Å²) in [6.07, 6.45) is 4.61. The van der Waals surface area contributed by atoms with Crippen molar-refractivity contribution in [2.75, 3.05) is 65.8 Å². The molecular weight excluding hydrogens is 723 g/mol. The Kier molecular flexibility index (Phi) is 21.2. The molecule has 0 aromatic carbocycles. The Morgan fingerprint density at radius 3 is 0.923 bits per heavy atom. The molecule has 0 spiro atoms. The maximum atomic E-state index is 12.4. The van der Waals surface area contributed by atoms with Crippen LogP contribution in [-0.4, -0.2) is 163 Å². The number of nitrogens with one attached hydrogen (secondary N) is 4. The minimum absolute atomic E-state index is 0. The lowest BCUT2D eigenvalue weighted by molar-refractivity contribution is -0.131. The lowest BCUT2D eigenvalue weighted by atomic mass is 9.98. The molecule has 0 unspecified atom stereocenters. The molecular formula is C32H64Cl2N10O8. The maximum Gasteiger partial charge on any atom is 0.249 e. The van der Waals surface area contributed by atoms with E-state index in [9.17, 15) is 40.2 Å². The summed E-state index contributed by atoms with van der Waals surface area (Å²) >= 11 is 0. The monoisotopic (exact) mass is 786 g/mol. The number of nitrogens with zero attached hydrogens (tertiary/aromatic N) is 6. The van der Waals surface area contributed by atoms with Gasteiger partial charge >= 0.3 is 0 Å². The highest BCUT2D eigenvalue weighted by molar-refractivity contribution is 5.90. The number of carbonyl (C=O) groups is 2. The van der Waals surface area contributed by atoms with E-state index in [1.165, 1.54) is 27.7 Å². The van der Waals surface area contributed by atoms with Crippen LogP contribution in [0.1, 0.15) is 81.1 Å². The van der Waals surface area contributed by atoms with Crippen LogP contribution in [0.3, 0.4) is 0 Å². The Balaban J connectivity index is 0. The third-order valence-electron chi connectivity index (χ3n) is 8.79. The molecule has 2 aliphatic rings. The van der Waals surface area contributed by atoms with E-state index in [-0.39, 0.29) is 24.8 Å². The van der Waals surface area contributed by atoms with Gasteiger partial charge in [0.1, 0.15) is 33.8 Å². The summed E-state index contributed by atoms with van der Waals surface area (Å²) in [6.45, 7) is 12.8. The molecule has 2 heterocycles. The van der Waals surface area contributed by atoms with Crippen LogP contribution in [0.5, 0.6) is 0 Å². The van der Waals surface area contributed by atoms with Crippen LogP contribution in [0.15, 0.2) is 20.5 Å². The topological polar surface area (TPSA) is 283 Å². The predicted octanol–water partition coefficient (Wildman–Crippen LogP) is 0.645. The number of carbonyl (C=O) groups excluding carboxylic acids is 2. The molecule has 304 valence electrons. The largest absolute Gasteiger partial charge is 0.394 e. The molecule has 0 aliphatic carbocycles. The Labute approximate surface area is 319 Å². The van der Waals surface area contributed by atoms with E-state index in [2.05, 4.69) is 40.9 Å². The van der Waals surface area contributed by atoms with Gasteiger partial charge in [-0.2, -0.15) is 20.5 Å². The van der Waals surface area contributed by atoms with Gasteiger partial charge in [0.05, 0.1) is 39.6 Å². The third kappa shape index (κ3) is 14.0. The highest BCUT2D eigenvalue weighted by Gasteiger charge is 2.40. The summed E-state index contributed by atoms with van der Waals surface area (Å²) in [4.78, 5) is 29.0. The number of aliphatic hydroxyl groups excluding tert-OH is 6. The Hall–Kier alpha value is -2.58. The fourth-order valence-corrected chi connectivity index (χ4v) is 4.67. The second-order valence-corrected chi connectivity index (χ2v) is 15.1. The number of azo groups is 2. The highest BCUT2D eigenvalue weighted by Crippen LogP contribution is 2.24. The van der Waals surface area contributed by atoms with Crippen LogP contribution in [0, 0.1) is 10.8 Å². The Bertz CT molecular complexity index is 1110. The Morgan fingerprint density at radius 2 is 0.712 bits per heavy atom. The van der Waals surface area contributed by atoms with Gasteiger partial charge < -0.3 is 51.1 Å². The van der Waals surface area contributed by atoms with Gasteiger partial charge in [-0.25, -0.2) is 0 Å². The standard InChI is InChI=1S/C16H30N6.C16H32N4O8.2ClH/c1-15(2,13(17)21-9-5-6-10-21)19-20-16(3,4)14(18)22-11-7-8-12-22;1-13(2,11(27)17-15(5-21,6-22)7-23)19-20-14(3,4)12(28)18-16(8-24,9-25)10-26;;/h17-18H,5-12H2,1-4H3;21-26H,5-10H2,1-4H3,(H,17,27)(H,18,28);2*1H. The number of likely N-dealkylation sites (tertiary alicyclic amines) is 2. The molecule has 10 N–H and O–H groups in total. The first-order valence-corrected chi connectivity index (χ1v) is 16.9. The first kappa shape index (κ1) is 51.5. The summed E-state index contributed by atoms with van der Waals surface area (Å²) in [7, 11) is 0. The fourth-order valence-electron chi connectivity index (χ4n) is 4.67. The number of rotatable bonds is 16. The van der Waals surface area contributed by atoms with Crippen LogP contribution < -0.4 is 10.6 Å². The van der Waals surface area contributed by atoms with Gasteiger partial charge in [0.25, 0.3) is 0 Å². The normalized spacial score (nSPS) is 15.9. The summed E-state index contributed by atoms with van der Waals surface area (Å²) in [6, 6.07) is 0. The first-order valence-electron chi connectivity index (χ1n) is 16.9. The van der Waals surface area contributed by atoms with Gasteiger partial charge in [-0.15, -0.1) is 24.8 Å². The zero-order chi connectivity index (χ0) is 38.6. The third-order valence-corrected chi connectivity index (χ3v) is 8.79. The zero-order valence-corrected chi connectivity index (χ0v) is 33.5. The zero-order valence-electron chi connectivity index (χ0n) is 31.9. The second kappa shape index (κ2) is 21.3. The average molecular weight is 788 g/mol. The molecule has 20 heteroatoms. The van der Waals surface area contributed by atoms with Crippen molar-refractivity contribution < 1.29 is 40.2 Å². The summed E-state index contributed by atoms with van der Waals surface area (Å²) in [5.74, 6) is -0.449. The summed E-state index contributed by atoms with van der Waals surface area (Å²) < 4.78 is 0. The van der Waals surface area contributed by atoms with E-state index in [1.807, 2.05) is 27.7 Å². The number of amidine groups is 2. The van der Waals surface area contributed by atoms with Crippen molar-refractivity contribution >= 4 is 48.3 Å². The van der Waals surface area contributed by atoms with Crippen molar-refractivity contribution in [2.24, 2.45) is 20.5 Å². The highest BCUT2D eigenvalue weighted by atomic mass is 35.5. The van der Waals surface area contributed by atoms with E-state index in [1.54, 1.807) is 0 Å². The molecule has 0 aromatic rings. The molecule has 2 rings (SSSR count). The molecule has 0 radical (unpaired) electrons. The molecule has 18 nitrogen and oxygen atoms in total. The van der Waals surface area contributed by atoms with E-state index in [4.69, 9.17) is 10.8 Å². The maximum absolute atomic E-state index is 12.4. The van der Waals surface area contributed by atoms with Crippen molar-refractivity contribution in [1.82, 2.24) is 20.4 Å². The molecule has 0 bridgehead atoms. The summed E-state index contributed by atoms with van der Waals surface area (Å²) in [5.41, 5.74) is -7.59. The molecule has 52 heavy (non-hydrogen) atoms. The number of halogens is 2. The lowest BCUT2D eigenvalue weighted by Gasteiger charge is -2.33. The molecule has 0 saturated carbocycles. The van der Waals surface area contributed by atoms with Gasteiger partial charge in [-0.1, -0.05) is 0 Å². The Morgan fingerprint density at radius 1 is 0.500 bits per heavy atom. The van der Waals surface area contributed by atoms with Crippen LogP contribution in [-0.2, 0) is 9.59 Å². The van der Waals surface area contributed by atoms with Crippen LogP contribution in [0.2, 0.25) is 0 Å². The number of hydrogen-bond donors (Lipinski definition) is 10. The molecule has 0 atom stereocenters. The van der Waals surface area contributed by atoms with Crippen molar-refractivity contribution in [2.45, 2.75) is 114 Å². The SMILES string of the molecule is CC(C)(N=NC(C)(C)C(=N)N1CCCC1)C(=N)N1CCCC1.CC(C)(N=NC(C)(C)C(=O)NC(CO)(CO)CO)C(=O)NC(CO)(CO)CO.Cl.Cl. The van der Waals surface area contributed by atoms with E-state index in [0.717, 1.165) is 51.9 Å². The van der Waals surface area contributed by atoms with Crippen molar-refractivity contribution in [3.63, 3.8) is 0 Å². The number of hydrogen-bond acceptors (Lipinski definition) is 14. The molecule has 2 aliphatic heterocycles. The molecule has 2 saturated heterocycles. The van der Waals surface area contributed by atoms with Crippen LogP contribution in [0.25, 0.3) is 0 Å². The smallest absolute Gasteiger partial charge is 0.249 e. The van der Waals surface area contributed by atoms with Gasteiger partial charge in [-0.05, 0) is 81.1 Å². The van der Waals surface area contributed by atoms with Crippen molar-refractivity contribution in [3.05, 3.63) is 0 Å². The predicted molar refractivity (Wildman–Crippen MR) is 202 cm³/mol. The second-order valence-electron chi connectivity index (χ2n) is 15.1. The minimum Gasteiger partial charge on any atom is -0.394 e. The van der Waals surface area contributed by atoms with Crippen LogP contribution in [0.4, 0.5) is 0 Å². The lowest BCUT2D eigenvalue weighted by Crippen LogP contribution is -2.61.